The Balaban J connectivity index is 2.66. The van der Waals surface area contributed by atoms with E-state index in [9.17, 15) is 0 Å². The molecule has 0 amide bonds. The summed E-state index contributed by atoms with van der Waals surface area (Å²) in [7, 11) is 2.04. The Hall–Kier alpha value is -1.58. The molecule has 0 aliphatic carbocycles. The van der Waals surface area contributed by atoms with Crippen LogP contribution in [-0.4, -0.2) is 17.2 Å². The molecule has 1 radical (unpaired) electrons. The first-order valence-corrected chi connectivity index (χ1v) is 4.11. The molecule has 0 bridgehead atoms. The standard InChI is InChI=1S/C9H9BN3/c1-10-7-2-3-8-6(4-7)5-12-9(11)13-8/h2-5H,1H3,(H2,11,12,13). The second kappa shape index (κ2) is 3.05. The van der Waals surface area contributed by atoms with Gasteiger partial charge in [-0.3, -0.25) is 0 Å². The van der Waals surface area contributed by atoms with Crippen molar-refractivity contribution in [1.82, 2.24) is 9.97 Å². The van der Waals surface area contributed by atoms with Gasteiger partial charge in [0.1, 0.15) is 7.28 Å². The first-order valence-electron chi connectivity index (χ1n) is 4.11. The number of benzene rings is 1. The Kier molecular flexibility index (Phi) is 1.89. The lowest BCUT2D eigenvalue weighted by molar-refractivity contribution is 1.24. The molecule has 0 fully saturated rings. The number of aromatic nitrogens is 2. The Labute approximate surface area is 77.2 Å². The fraction of sp³-hybridized carbons (Fsp3) is 0.111. The van der Waals surface area contributed by atoms with E-state index in [0.717, 1.165) is 10.9 Å². The molecule has 0 atom stereocenters. The molecule has 13 heavy (non-hydrogen) atoms. The number of fused-ring (bicyclic) bond motifs is 1. The van der Waals surface area contributed by atoms with Gasteiger partial charge in [-0.2, -0.15) is 0 Å². The zero-order valence-electron chi connectivity index (χ0n) is 7.36. The van der Waals surface area contributed by atoms with Crippen molar-refractivity contribution in [3.05, 3.63) is 24.4 Å². The van der Waals surface area contributed by atoms with Gasteiger partial charge in [-0.05, 0) is 6.07 Å². The van der Waals surface area contributed by atoms with Crippen LogP contribution in [0.15, 0.2) is 24.4 Å². The molecule has 0 aliphatic heterocycles. The third kappa shape index (κ3) is 1.47. The third-order valence-electron chi connectivity index (χ3n) is 1.96. The highest BCUT2D eigenvalue weighted by Gasteiger charge is 1.97. The summed E-state index contributed by atoms with van der Waals surface area (Å²) in [5.74, 6) is 0.320. The molecule has 63 valence electrons. The van der Waals surface area contributed by atoms with Crippen LogP contribution in [0.4, 0.5) is 5.95 Å². The van der Waals surface area contributed by atoms with Crippen LogP contribution in [0.5, 0.6) is 0 Å². The number of hydrogen-bond acceptors (Lipinski definition) is 3. The first-order chi connectivity index (χ1) is 6.29. The van der Waals surface area contributed by atoms with Gasteiger partial charge in [-0.1, -0.05) is 24.4 Å². The highest BCUT2D eigenvalue weighted by molar-refractivity contribution is 6.52. The van der Waals surface area contributed by atoms with Crippen LogP contribution in [0.25, 0.3) is 10.9 Å². The minimum Gasteiger partial charge on any atom is -0.368 e. The quantitative estimate of drug-likeness (QED) is 0.637. The summed E-state index contributed by atoms with van der Waals surface area (Å²) in [6.45, 7) is 2.00. The number of anilines is 1. The summed E-state index contributed by atoms with van der Waals surface area (Å²) in [4.78, 5) is 8.04. The van der Waals surface area contributed by atoms with E-state index in [4.69, 9.17) is 5.73 Å². The third-order valence-corrected chi connectivity index (χ3v) is 1.96. The van der Waals surface area contributed by atoms with E-state index >= 15 is 0 Å². The molecule has 0 saturated carbocycles. The smallest absolute Gasteiger partial charge is 0.220 e. The fourth-order valence-electron chi connectivity index (χ4n) is 1.25. The summed E-state index contributed by atoms with van der Waals surface area (Å²) in [6.07, 6.45) is 1.74. The summed E-state index contributed by atoms with van der Waals surface area (Å²) in [5.41, 5.74) is 7.52. The molecule has 1 heterocycles. The number of hydrogen-bond donors (Lipinski definition) is 1. The van der Waals surface area contributed by atoms with Crippen molar-refractivity contribution in [2.45, 2.75) is 6.82 Å². The van der Waals surface area contributed by atoms with Crippen molar-refractivity contribution in [2.75, 3.05) is 5.73 Å². The molecular formula is C9H9BN3. The monoisotopic (exact) mass is 170 g/mol. The van der Waals surface area contributed by atoms with Gasteiger partial charge < -0.3 is 5.73 Å². The van der Waals surface area contributed by atoms with Gasteiger partial charge >= 0.3 is 0 Å². The Morgan fingerprint density at radius 3 is 3.00 bits per heavy atom. The minimum absolute atomic E-state index is 0.320. The van der Waals surface area contributed by atoms with Crippen LogP contribution in [0, 0.1) is 0 Å². The molecule has 2 aromatic rings. The second-order valence-electron chi connectivity index (χ2n) is 2.84. The topological polar surface area (TPSA) is 51.8 Å². The molecule has 0 unspecified atom stereocenters. The van der Waals surface area contributed by atoms with Crippen LogP contribution >= 0.6 is 0 Å². The number of rotatable bonds is 1. The Bertz CT molecular complexity index is 442. The van der Waals surface area contributed by atoms with Crippen LogP contribution in [0.2, 0.25) is 6.82 Å². The molecule has 2 N–H and O–H groups in total. The molecule has 0 saturated heterocycles. The molecule has 1 aromatic heterocycles. The number of nitrogens with zero attached hydrogens (tertiary/aromatic N) is 2. The van der Waals surface area contributed by atoms with Gasteiger partial charge in [-0.15, -0.1) is 0 Å². The van der Waals surface area contributed by atoms with Gasteiger partial charge in [0, 0.05) is 11.6 Å². The maximum atomic E-state index is 5.46. The average molecular weight is 170 g/mol. The van der Waals surface area contributed by atoms with Gasteiger partial charge in [0.15, 0.2) is 0 Å². The van der Waals surface area contributed by atoms with Gasteiger partial charge in [-0.25, -0.2) is 9.97 Å². The zero-order valence-corrected chi connectivity index (χ0v) is 7.36. The molecule has 4 heteroatoms. The predicted molar refractivity (Wildman–Crippen MR) is 55.2 cm³/mol. The van der Waals surface area contributed by atoms with Crippen molar-refractivity contribution in [1.29, 1.82) is 0 Å². The number of nitrogen functional groups attached to an aromatic ring is 1. The van der Waals surface area contributed by atoms with Crippen molar-refractivity contribution in [3.63, 3.8) is 0 Å². The van der Waals surface area contributed by atoms with Crippen LogP contribution in [-0.2, 0) is 0 Å². The van der Waals surface area contributed by atoms with Crippen LogP contribution < -0.4 is 11.2 Å². The second-order valence-corrected chi connectivity index (χ2v) is 2.84. The van der Waals surface area contributed by atoms with Crippen molar-refractivity contribution < 1.29 is 0 Å². The van der Waals surface area contributed by atoms with E-state index in [1.165, 1.54) is 5.46 Å². The molecule has 3 nitrogen and oxygen atoms in total. The van der Waals surface area contributed by atoms with Crippen LogP contribution in [0.3, 0.4) is 0 Å². The highest BCUT2D eigenvalue weighted by atomic mass is 15.0. The first kappa shape index (κ1) is 8.04. The average Bonchev–Trinajstić information content (AvgIpc) is 2.17. The van der Waals surface area contributed by atoms with Gasteiger partial charge in [0.2, 0.25) is 5.95 Å². The molecule has 0 aliphatic rings. The predicted octanol–water partition coefficient (Wildman–Crippen LogP) is 0.590. The minimum atomic E-state index is 0.320. The lowest BCUT2D eigenvalue weighted by Gasteiger charge is -1.99. The van der Waals surface area contributed by atoms with Crippen molar-refractivity contribution in [2.24, 2.45) is 0 Å². The van der Waals surface area contributed by atoms with Gasteiger partial charge in [0.25, 0.3) is 0 Å². The maximum Gasteiger partial charge on any atom is 0.220 e. The largest absolute Gasteiger partial charge is 0.368 e. The van der Waals surface area contributed by atoms with E-state index in [1.54, 1.807) is 6.20 Å². The summed E-state index contributed by atoms with van der Waals surface area (Å²) >= 11 is 0. The lowest BCUT2D eigenvalue weighted by atomic mass is 9.73. The van der Waals surface area contributed by atoms with Crippen LogP contribution in [0.1, 0.15) is 0 Å². The van der Waals surface area contributed by atoms with E-state index in [2.05, 4.69) is 9.97 Å². The Morgan fingerprint density at radius 1 is 1.38 bits per heavy atom. The zero-order chi connectivity index (χ0) is 9.26. The summed E-state index contributed by atoms with van der Waals surface area (Å²) in [5, 5.41) is 1.02. The summed E-state index contributed by atoms with van der Waals surface area (Å²) in [6, 6.07) is 5.99. The molecule has 0 spiro atoms. The highest BCUT2D eigenvalue weighted by Crippen LogP contribution is 2.08. The molecule has 1 aromatic carbocycles. The lowest BCUT2D eigenvalue weighted by Crippen LogP contribution is -2.09. The van der Waals surface area contributed by atoms with E-state index < -0.39 is 0 Å². The fourth-order valence-corrected chi connectivity index (χ4v) is 1.25. The molecular weight excluding hydrogens is 161 g/mol. The van der Waals surface area contributed by atoms with Crippen molar-refractivity contribution >= 4 is 29.6 Å². The molecule has 2 rings (SSSR count). The maximum absolute atomic E-state index is 5.46. The van der Waals surface area contributed by atoms with E-state index in [0.29, 0.717) is 5.95 Å². The normalized spacial score (nSPS) is 10.2. The Morgan fingerprint density at radius 2 is 2.23 bits per heavy atom. The van der Waals surface area contributed by atoms with E-state index in [1.807, 2.05) is 32.3 Å². The van der Waals surface area contributed by atoms with Crippen molar-refractivity contribution in [3.8, 4) is 0 Å². The van der Waals surface area contributed by atoms with Gasteiger partial charge in [0.05, 0.1) is 5.52 Å². The van der Waals surface area contributed by atoms with E-state index in [-0.39, 0.29) is 0 Å². The SMILES string of the molecule is C[B]c1ccc2nc(N)ncc2c1. The number of nitrogens with two attached hydrogens (primary N) is 1. The summed E-state index contributed by atoms with van der Waals surface area (Å²) < 4.78 is 0.